The molecule has 0 aliphatic carbocycles. The third-order valence-electron chi connectivity index (χ3n) is 4.06. The van der Waals surface area contributed by atoms with E-state index in [0.29, 0.717) is 12.1 Å². The minimum absolute atomic E-state index is 0.0521. The van der Waals surface area contributed by atoms with Gasteiger partial charge in [-0.15, -0.1) is 0 Å². The molecule has 0 unspecified atom stereocenters. The number of hydrogen-bond acceptors (Lipinski definition) is 4. The molecule has 0 fully saturated rings. The van der Waals surface area contributed by atoms with E-state index in [4.69, 9.17) is 0 Å². The van der Waals surface area contributed by atoms with Crippen molar-refractivity contribution in [2.24, 2.45) is 0 Å². The van der Waals surface area contributed by atoms with Crippen molar-refractivity contribution in [3.63, 3.8) is 0 Å². The second kappa shape index (κ2) is 9.51. The van der Waals surface area contributed by atoms with E-state index < -0.39 is 5.97 Å². The zero-order valence-corrected chi connectivity index (χ0v) is 15.1. The molecule has 0 radical (unpaired) electrons. The number of carbonyl (C=O) groups excluding carboxylic acids is 3. The van der Waals surface area contributed by atoms with E-state index in [1.165, 1.54) is 12.0 Å². The summed E-state index contributed by atoms with van der Waals surface area (Å²) < 4.78 is 4.67. The average Bonchev–Trinajstić information content (AvgIpc) is 2.66. The number of methoxy groups -OCH3 is 1. The molecule has 26 heavy (non-hydrogen) atoms. The van der Waals surface area contributed by atoms with Gasteiger partial charge in [0.05, 0.1) is 7.11 Å². The van der Waals surface area contributed by atoms with Gasteiger partial charge in [-0.25, -0.2) is 0 Å². The minimum atomic E-state index is -0.487. The molecule has 0 heterocycles. The average molecular weight is 353 g/mol. The smallest absolute Gasteiger partial charge is 0.325 e. The lowest BCUT2D eigenvalue weighted by Crippen LogP contribution is -2.35. The topological polar surface area (TPSA) is 63.7 Å². The lowest BCUT2D eigenvalue weighted by Gasteiger charge is -2.21. The predicted molar refractivity (Wildman–Crippen MR) is 98.6 cm³/mol. The van der Waals surface area contributed by atoms with E-state index in [2.05, 4.69) is 4.74 Å². The maximum absolute atomic E-state index is 12.6. The molecule has 136 valence electrons. The van der Waals surface area contributed by atoms with Gasteiger partial charge in [0, 0.05) is 24.9 Å². The number of Topliss-reactive ketones (excluding diaryl/α,β-unsaturated/α-hetero) is 1. The number of amides is 1. The number of hydrogen-bond donors (Lipinski definition) is 0. The summed E-state index contributed by atoms with van der Waals surface area (Å²) in [5.41, 5.74) is 2.57. The highest BCUT2D eigenvalue weighted by atomic mass is 16.5. The first kappa shape index (κ1) is 19.4. The Kier molecular flexibility index (Phi) is 7.09. The number of carbonyl (C=O) groups is 3. The number of ether oxygens (including phenoxy) is 1. The summed E-state index contributed by atoms with van der Waals surface area (Å²) in [7, 11) is 1.29. The standard InChI is InChI=1S/C21H23NO4/c1-16-8-10-18(11-9-16)19(23)12-13-20(24)22(15-21(25)26-2)14-17-6-4-3-5-7-17/h3-11H,12-15H2,1-2H3. The summed E-state index contributed by atoms with van der Waals surface area (Å²) in [6, 6.07) is 16.7. The fourth-order valence-electron chi connectivity index (χ4n) is 2.52. The number of nitrogens with zero attached hydrogens (tertiary/aromatic N) is 1. The second-order valence-electron chi connectivity index (χ2n) is 6.10. The van der Waals surface area contributed by atoms with Crippen LogP contribution in [0.3, 0.4) is 0 Å². The SMILES string of the molecule is COC(=O)CN(Cc1ccccc1)C(=O)CCC(=O)c1ccc(C)cc1. The Morgan fingerprint density at radius 3 is 2.19 bits per heavy atom. The lowest BCUT2D eigenvalue weighted by molar-refractivity contribution is -0.147. The maximum atomic E-state index is 12.6. The first-order valence-corrected chi connectivity index (χ1v) is 8.48. The molecule has 0 bridgehead atoms. The normalized spacial score (nSPS) is 10.2. The van der Waals surface area contributed by atoms with Crippen LogP contribution in [0.4, 0.5) is 0 Å². The second-order valence-corrected chi connectivity index (χ2v) is 6.10. The molecule has 2 aromatic carbocycles. The Balaban J connectivity index is 1.99. The fraction of sp³-hybridized carbons (Fsp3) is 0.286. The Bertz CT molecular complexity index is 753. The van der Waals surface area contributed by atoms with Crippen molar-refractivity contribution < 1.29 is 19.1 Å². The quantitative estimate of drug-likeness (QED) is 0.540. The Labute approximate surface area is 153 Å². The van der Waals surface area contributed by atoms with Crippen molar-refractivity contribution in [1.82, 2.24) is 4.90 Å². The first-order valence-electron chi connectivity index (χ1n) is 8.48. The molecule has 0 aliphatic rings. The van der Waals surface area contributed by atoms with Crippen molar-refractivity contribution in [1.29, 1.82) is 0 Å². The van der Waals surface area contributed by atoms with Crippen LogP contribution in [0, 0.1) is 6.92 Å². The van der Waals surface area contributed by atoms with Crippen LogP contribution in [0.5, 0.6) is 0 Å². The third-order valence-corrected chi connectivity index (χ3v) is 4.06. The van der Waals surface area contributed by atoms with Gasteiger partial charge in [-0.05, 0) is 12.5 Å². The van der Waals surface area contributed by atoms with E-state index in [9.17, 15) is 14.4 Å². The molecule has 2 rings (SSSR count). The van der Waals surface area contributed by atoms with Crippen LogP contribution in [-0.2, 0) is 20.9 Å². The van der Waals surface area contributed by atoms with Gasteiger partial charge in [0.1, 0.15) is 6.54 Å². The Morgan fingerprint density at radius 2 is 1.58 bits per heavy atom. The van der Waals surface area contributed by atoms with Crippen LogP contribution in [0.15, 0.2) is 54.6 Å². The number of aryl methyl sites for hydroxylation is 1. The van der Waals surface area contributed by atoms with Crippen molar-refractivity contribution in [3.05, 3.63) is 71.3 Å². The summed E-state index contributed by atoms with van der Waals surface area (Å²) in [6.07, 6.45) is 0.158. The molecule has 0 saturated carbocycles. The molecule has 0 spiro atoms. The van der Waals surface area contributed by atoms with Crippen molar-refractivity contribution in [2.75, 3.05) is 13.7 Å². The molecule has 1 amide bonds. The summed E-state index contributed by atoms with van der Waals surface area (Å²) in [5, 5.41) is 0. The summed E-state index contributed by atoms with van der Waals surface area (Å²) in [6.45, 7) is 2.11. The van der Waals surface area contributed by atoms with E-state index >= 15 is 0 Å². The first-order chi connectivity index (χ1) is 12.5. The molecule has 0 atom stereocenters. The number of rotatable bonds is 8. The molecule has 5 nitrogen and oxygen atoms in total. The highest BCUT2D eigenvalue weighted by Gasteiger charge is 2.19. The summed E-state index contributed by atoms with van der Waals surface area (Å²) in [4.78, 5) is 37.9. The van der Waals surface area contributed by atoms with Crippen molar-refractivity contribution in [2.45, 2.75) is 26.3 Å². The van der Waals surface area contributed by atoms with Gasteiger partial charge in [0.15, 0.2) is 5.78 Å². The highest BCUT2D eigenvalue weighted by Crippen LogP contribution is 2.11. The zero-order valence-electron chi connectivity index (χ0n) is 15.1. The predicted octanol–water partition coefficient (Wildman–Crippen LogP) is 3.16. The number of benzene rings is 2. The van der Waals surface area contributed by atoms with Crippen molar-refractivity contribution >= 4 is 17.7 Å². The van der Waals surface area contributed by atoms with E-state index in [0.717, 1.165) is 11.1 Å². The van der Waals surface area contributed by atoms with E-state index in [-0.39, 0.29) is 31.1 Å². The van der Waals surface area contributed by atoms with Crippen LogP contribution >= 0.6 is 0 Å². The van der Waals surface area contributed by atoms with E-state index in [1.54, 1.807) is 12.1 Å². The van der Waals surface area contributed by atoms with Gasteiger partial charge < -0.3 is 9.64 Å². The zero-order chi connectivity index (χ0) is 18.9. The Morgan fingerprint density at radius 1 is 0.923 bits per heavy atom. The maximum Gasteiger partial charge on any atom is 0.325 e. The molecule has 2 aromatic rings. The van der Waals surface area contributed by atoms with Crippen molar-refractivity contribution in [3.8, 4) is 0 Å². The Hall–Kier alpha value is -2.95. The van der Waals surface area contributed by atoms with Gasteiger partial charge in [0.25, 0.3) is 0 Å². The van der Waals surface area contributed by atoms with Crippen LogP contribution in [0.25, 0.3) is 0 Å². The molecular weight excluding hydrogens is 330 g/mol. The van der Waals surface area contributed by atoms with Crippen LogP contribution < -0.4 is 0 Å². The third kappa shape index (κ3) is 5.84. The minimum Gasteiger partial charge on any atom is -0.468 e. The highest BCUT2D eigenvalue weighted by molar-refractivity contribution is 5.98. The van der Waals surface area contributed by atoms with Gasteiger partial charge in [-0.1, -0.05) is 60.2 Å². The van der Waals surface area contributed by atoms with Gasteiger partial charge >= 0.3 is 5.97 Å². The molecule has 0 saturated heterocycles. The molecule has 0 N–H and O–H groups in total. The van der Waals surface area contributed by atoms with Crippen LogP contribution in [0.2, 0.25) is 0 Å². The van der Waals surface area contributed by atoms with Gasteiger partial charge in [-0.2, -0.15) is 0 Å². The van der Waals surface area contributed by atoms with Gasteiger partial charge in [0.2, 0.25) is 5.91 Å². The number of esters is 1. The van der Waals surface area contributed by atoms with Gasteiger partial charge in [-0.3, -0.25) is 14.4 Å². The lowest BCUT2D eigenvalue weighted by atomic mass is 10.0. The van der Waals surface area contributed by atoms with Crippen LogP contribution in [-0.4, -0.2) is 36.2 Å². The molecular formula is C21H23NO4. The fourth-order valence-corrected chi connectivity index (χ4v) is 2.52. The van der Waals surface area contributed by atoms with E-state index in [1.807, 2.05) is 49.4 Å². The monoisotopic (exact) mass is 353 g/mol. The molecule has 5 heteroatoms. The largest absolute Gasteiger partial charge is 0.468 e. The van der Waals surface area contributed by atoms with Crippen LogP contribution in [0.1, 0.15) is 34.3 Å². The molecule has 0 aromatic heterocycles. The summed E-state index contributed by atoms with van der Waals surface area (Å²) >= 11 is 0. The number of ketones is 1. The molecule has 0 aliphatic heterocycles. The summed E-state index contributed by atoms with van der Waals surface area (Å²) in [5.74, 6) is -0.824.